The number of piperidine rings is 1. The standard InChI is InChI=1S/C31H36ClN3O3/c1-3-34(4-2)18-15-33-31(36)23-10-12-30(27(32)20-23)37-24-13-16-35(17-14-24)21-22-9-11-29-26(19-22)25-7-5-6-8-28(25)38-29/h5-12,19-20,24H,3-4,13-18,21H2,1-2H3,(H,33,36). The average Bonchev–Trinajstić information content (AvgIpc) is 3.31. The Morgan fingerprint density at radius 2 is 1.79 bits per heavy atom. The Kier molecular flexibility index (Phi) is 8.52. The molecule has 1 aliphatic heterocycles. The van der Waals surface area contributed by atoms with Crippen molar-refractivity contribution in [2.24, 2.45) is 0 Å². The largest absolute Gasteiger partial charge is 0.489 e. The summed E-state index contributed by atoms with van der Waals surface area (Å²) in [5.74, 6) is 0.530. The van der Waals surface area contributed by atoms with Crippen molar-refractivity contribution >= 4 is 39.4 Å². The first-order valence-electron chi connectivity index (χ1n) is 13.6. The van der Waals surface area contributed by atoms with E-state index in [1.54, 1.807) is 12.1 Å². The minimum Gasteiger partial charge on any atom is -0.489 e. The first-order chi connectivity index (χ1) is 18.5. The van der Waals surface area contributed by atoms with Crippen LogP contribution in [0.1, 0.15) is 42.6 Å². The molecule has 5 rings (SSSR count). The molecule has 1 aromatic heterocycles. The number of rotatable bonds is 10. The van der Waals surface area contributed by atoms with Crippen LogP contribution in [0.5, 0.6) is 5.75 Å². The topological polar surface area (TPSA) is 58.0 Å². The number of furan rings is 1. The molecule has 0 bridgehead atoms. The number of likely N-dealkylation sites (tertiary alicyclic amines) is 1. The fourth-order valence-electron chi connectivity index (χ4n) is 5.20. The molecule has 1 fully saturated rings. The van der Waals surface area contributed by atoms with Gasteiger partial charge in [-0.15, -0.1) is 0 Å². The summed E-state index contributed by atoms with van der Waals surface area (Å²) < 4.78 is 12.2. The quantitative estimate of drug-likeness (QED) is 0.257. The Hall–Kier alpha value is -3.06. The summed E-state index contributed by atoms with van der Waals surface area (Å²) in [6, 6.07) is 20.0. The van der Waals surface area contributed by atoms with Crippen LogP contribution in [0.4, 0.5) is 0 Å². The van der Waals surface area contributed by atoms with E-state index in [4.69, 9.17) is 20.8 Å². The molecular formula is C31H36ClN3O3. The van der Waals surface area contributed by atoms with Gasteiger partial charge in [-0.3, -0.25) is 9.69 Å². The zero-order valence-electron chi connectivity index (χ0n) is 22.2. The molecule has 6 nitrogen and oxygen atoms in total. The van der Waals surface area contributed by atoms with Gasteiger partial charge in [-0.1, -0.05) is 49.7 Å². The Labute approximate surface area is 229 Å². The molecule has 0 unspecified atom stereocenters. The van der Waals surface area contributed by atoms with E-state index < -0.39 is 0 Å². The van der Waals surface area contributed by atoms with Crippen molar-refractivity contribution < 1.29 is 13.9 Å². The lowest BCUT2D eigenvalue weighted by molar-refractivity contribution is 0.0946. The minimum atomic E-state index is -0.111. The third-order valence-corrected chi connectivity index (χ3v) is 7.77. The SMILES string of the molecule is CCN(CC)CCNC(=O)c1ccc(OC2CCN(Cc3ccc4oc5ccccc5c4c3)CC2)c(Cl)c1. The monoisotopic (exact) mass is 533 g/mol. The van der Waals surface area contributed by atoms with E-state index in [1.807, 2.05) is 18.2 Å². The molecule has 1 N–H and O–H groups in total. The van der Waals surface area contributed by atoms with Gasteiger partial charge < -0.3 is 19.4 Å². The number of ether oxygens (including phenoxy) is 1. The second-order valence-electron chi connectivity index (χ2n) is 9.95. The number of benzene rings is 3. The maximum Gasteiger partial charge on any atom is 0.251 e. The summed E-state index contributed by atoms with van der Waals surface area (Å²) >= 11 is 6.51. The molecule has 0 spiro atoms. The van der Waals surface area contributed by atoms with Gasteiger partial charge in [0.15, 0.2) is 0 Å². The molecule has 7 heteroatoms. The molecule has 38 heavy (non-hydrogen) atoms. The fraction of sp³-hybridized carbons (Fsp3) is 0.387. The third-order valence-electron chi connectivity index (χ3n) is 7.48. The Bertz CT molecular complexity index is 1390. The van der Waals surface area contributed by atoms with Crippen molar-refractivity contribution in [1.82, 2.24) is 15.1 Å². The lowest BCUT2D eigenvalue weighted by Crippen LogP contribution is -2.37. The number of likely N-dealkylation sites (N-methyl/N-ethyl adjacent to an activating group) is 1. The van der Waals surface area contributed by atoms with Crippen LogP contribution >= 0.6 is 11.6 Å². The highest BCUT2D eigenvalue weighted by Crippen LogP contribution is 2.31. The smallest absolute Gasteiger partial charge is 0.251 e. The molecular weight excluding hydrogens is 498 g/mol. The van der Waals surface area contributed by atoms with Gasteiger partial charge in [0.1, 0.15) is 23.0 Å². The van der Waals surface area contributed by atoms with E-state index in [9.17, 15) is 4.79 Å². The minimum absolute atomic E-state index is 0.109. The van der Waals surface area contributed by atoms with Crippen molar-refractivity contribution in [2.45, 2.75) is 39.3 Å². The number of hydrogen-bond donors (Lipinski definition) is 1. The highest BCUT2D eigenvalue weighted by Gasteiger charge is 2.22. The second-order valence-corrected chi connectivity index (χ2v) is 10.4. The fourth-order valence-corrected chi connectivity index (χ4v) is 5.43. The van der Waals surface area contributed by atoms with Gasteiger partial charge in [0.05, 0.1) is 5.02 Å². The van der Waals surface area contributed by atoms with E-state index >= 15 is 0 Å². The van der Waals surface area contributed by atoms with Gasteiger partial charge in [-0.05, 0) is 67.9 Å². The summed E-state index contributed by atoms with van der Waals surface area (Å²) in [7, 11) is 0. The number of carbonyl (C=O) groups excluding carboxylic acids is 1. The maximum absolute atomic E-state index is 12.5. The van der Waals surface area contributed by atoms with Gasteiger partial charge in [-0.25, -0.2) is 0 Å². The van der Waals surface area contributed by atoms with Crippen LogP contribution in [0.3, 0.4) is 0 Å². The molecule has 1 aliphatic rings. The lowest BCUT2D eigenvalue weighted by atomic mass is 10.1. The van der Waals surface area contributed by atoms with E-state index in [0.717, 1.165) is 68.7 Å². The lowest BCUT2D eigenvalue weighted by Gasteiger charge is -2.32. The Morgan fingerprint density at radius 3 is 2.55 bits per heavy atom. The van der Waals surface area contributed by atoms with E-state index in [-0.39, 0.29) is 12.0 Å². The van der Waals surface area contributed by atoms with E-state index in [2.05, 4.69) is 59.3 Å². The number of amides is 1. The number of nitrogens with zero attached hydrogens (tertiary/aromatic N) is 2. The van der Waals surface area contributed by atoms with Crippen molar-refractivity contribution in [3.63, 3.8) is 0 Å². The molecule has 0 atom stereocenters. The molecule has 200 valence electrons. The number of halogens is 1. The van der Waals surface area contributed by atoms with E-state index in [0.29, 0.717) is 22.9 Å². The predicted octanol–water partition coefficient (Wildman–Crippen LogP) is 6.35. The second kappa shape index (κ2) is 12.2. The number of para-hydroxylation sites is 1. The van der Waals surface area contributed by atoms with Crippen LogP contribution in [0, 0.1) is 0 Å². The number of fused-ring (bicyclic) bond motifs is 3. The average molecular weight is 534 g/mol. The summed E-state index contributed by atoms with van der Waals surface area (Å²) in [6.45, 7) is 10.5. The number of nitrogens with one attached hydrogen (secondary N) is 1. The van der Waals surface area contributed by atoms with Gasteiger partial charge in [0, 0.05) is 49.1 Å². The summed E-state index contributed by atoms with van der Waals surface area (Å²) in [5, 5.41) is 5.79. The molecule has 0 radical (unpaired) electrons. The molecule has 1 amide bonds. The van der Waals surface area contributed by atoms with Crippen molar-refractivity contribution in [3.8, 4) is 5.75 Å². The first kappa shape index (κ1) is 26.5. The molecule has 4 aromatic rings. The van der Waals surface area contributed by atoms with Crippen LogP contribution in [-0.4, -0.2) is 61.1 Å². The van der Waals surface area contributed by atoms with Crippen LogP contribution in [0.15, 0.2) is 65.1 Å². The number of hydrogen-bond acceptors (Lipinski definition) is 5. The predicted molar refractivity (Wildman–Crippen MR) is 154 cm³/mol. The highest BCUT2D eigenvalue weighted by atomic mass is 35.5. The van der Waals surface area contributed by atoms with Crippen molar-refractivity contribution in [3.05, 3.63) is 76.8 Å². The van der Waals surface area contributed by atoms with Gasteiger partial charge >= 0.3 is 0 Å². The maximum atomic E-state index is 12.5. The van der Waals surface area contributed by atoms with Crippen molar-refractivity contribution in [1.29, 1.82) is 0 Å². The van der Waals surface area contributed by atoms with Crippen LogP contribution in [-0.2, 0) is 6.54 Å². The van der Waals surface area contributed by atoms with Crippen LogP contribution in [0.2, 0.25) is 5.02 Å². The Morgan fingerprint density at radius 1 is 1.03 bits per heavy atom. The van der Waals surface area contributed by atoms with Crippen molar-refractivity contribution in [2.75, 3.05) is 39.3 Å². The number of carbonyl (C=O) groups is 1. The zero-order valence-corrected chi connectivity index (χ0v) is 23.0. The summed E-state index contributed by atoms with van der Waals surface area (Å²) in [5.41, 5.74) is 3.71. The molecule has 0 saturated carbocycles. The zero-order chi connectivity index (χ0) is 26.5. The summed E-state index contributed by atoms with van der Waals surface area (Å²) in [6.07, 6.45) is 1.97. The third kappa shape index (κ3) is 6.15. The first-order valence-corrected chi connectivity index (χ1v) is 14.0. The van der Waals surface area contributed by atoms with Gasteiger partial charge in [-0.2, -0.15) is 0 Å². The highest BCUT2D eigenvalue weighted by molar-refractivity contribution is 6.32. The molecule has 2 heterocycles. The van der Waals surface area contributed by atoms with Crippen LogP contribution < -0.4 is 10.1 Å². The van der Waals surface area contributed by atoms with Gasteiger partial charge in [0.25, 0.3) is 5.91 Å². The molecule has 3 aromatic carbocycles. The van der Waals surface area contributed by atoms with Gasteiger partial charge in [0.2, 0.25) is 0 Å². The normalized spacial score (nSPS) is 14.9. The molecule has 1 saturated heterocycles. The summed E-state index contributed by atoms with van der Waals surface area (Å²) in [4.78, 5) is 17.3. The van der Waals surface area contributed by atoms with E-state index in [1.165, 1.54) is 10.9 Å². The van der Waals surface area contributed by atoms with Crippen LogP contribution in [0.25, 0.3) is 21.9 Å². The molecule has 0 aliphatic carbocycles. The Balaban J connectivity index is 1.12.